The van der Waals surface area contributed by atoms with Gasteiger partial charge in [-0.15, -0.1) is 0 Å². The van der Waals surface area contributed by atoms with Crippen LogP contribution in [0.15, 0.2) is 227 Å². The molecule has 3 aromatic heterocycles. The van der Waals surface area contributed by atoms with E-state index in [1.807, 2.05) is 12.1 Å². The molecule has 62 heavy (non-hydrogen) atoms. The van der Waals surface area contributed by atoms with Crippen LogP contribution in [0.25, 0.3) is 104 Å². The zero-order chi connectivity index (χ0) is 40.7. The van der Waals surface area contributed by atoms with Gasteiger partial charge in [-0.3, -0.25) is 0 Å². The molecule has 0 unspecified atom stereocenters. The van der Waals surface area contributed by atoms with Crippen LogP contribution in [-0.4, -0.2) is 4.57 Å². The maximum atomic E-state index is 6.96. The van der Waals surface area contributed by atoms with Gasteiger partial charge in [-0.05, 0) is 83.2 Å². The first kappa shape index (κ1) is 34.5. The van der Waals surface area contributed by atoms with Crippen LogP contribution >= 0.6 is 0 Å². The van der Waals surface area contributed by atoms with Crippen LogP contribution < -0.4 is 4.90 Å². The van der Waals surface area contributed by atoms with Crippen molar-refractivity contribution in [3.63, 3.8) is 0 Å². The molecule has 0 bridgehead atoms. The third-order valence-corrected chi connectivity index (χ3v) is 12.6. The molecule has 0 aliphatic carbocycles. The molecular formula is C58H36N2O2. The van der Waals surface area contributed by atoms with Crippen LogP contribution in [0.5, 0.6) is 0 Å². The lowest BCUT2D eigenvalue weighted by atomic mass is 9.98. The maximum absolute atomic E-state index is 6.96. The van der Waals surface area contributed by atoms with Gasteiger partial charge in [0, 0.05) is 54.8 Å². The third-order valence-electron chi connectivity index (χ3n) is 12.6. The van der Waals surface area contributed by atoms with Crippen molar-refractivity contribution in [1.82, 2.24) is 4.57 Å². The van der Waals surface area contributed by atoms with Gasteiger partial charge in [0.1, 0.15) is 22.3 Å². The summed E-state index contributed by atoms with van der Waals surface area (Å²) in [6.45, 7) is 0. The fourth-order valence-electron chi connectivity index (χ4n) is 9.81. The molecule has 0 saturated heterocycles. The minimum Gasteiger partial charge on any atom is -0.455 e. The predicted molar refractivity (Wildman–Crippen MR) is 258 cm³/mol. The normalized spacial score (nSPS) is 11.9. The molecule has 10 aromatic carbocycles. The Balaban J connectivity index is 1.02. The second-order valence-electron chi connectivity index (χ2n) is 16.0. The van der Waals surface area contributed by atoms with Gasteiger partial charge in [0.05, 0.1) is 27.8 Å². The average Bonchev–Trinajstić information content (AvgIpc) is 4.02. The summed E-state index contributed by atoms with van der Waals surface area (Å²) in [6, 6.07) is 77.9. The molecule has 0 aliphatic rings. The highest BCUT2D eigenvalue weighted by Gasteiger charge is 2.24. The molecule has 0 aliphatic heterocycles. The van der Waals surface area contributed by atoms with Crippen molar-refractivity contribution in [2.75, 3.05) is 4.90 Å². The van der Waals surface area contributed by atoms with E-state index in [4.69, 9.17) is 8.83 Å². The number of fused-ring (bicyclic) bond motifs is 10. The summed E-state index contributed by atoms with van der Waals surface area (Å²) in [7, 11) is 0. The Morgan fingerprint density at radius 3 is 1.73 bits per heavy atom. The summed E-state index contributed by atoms with van der Waals surface area (Å²) in [5, 5.41) is 9.19. The number of furan rings is 2. The largest absolute Gasteiger partial charge is 0.455 e. The van der Waals surface area contributed by atoms with Crippen molar-refractivity contribution in [3.8, 4) is 27.9 Å². The van der Waals surface area contributed by atoms with Crippen molar-refractivity contribution < 1.29 is 8.83 Å². The number of hydrogen-bond donors (Lipinski definition) is 0. The number of hydrogen-bond acceptors (Lipinski definition) is 3. The van der Waals surface area contributed by atoms with Crippen LogP contribution in [-0.2, 0) is 0 Å². The minimum absolute atomic E-state index is 0.849. The van der Waals surface area contributed by atoms with Gasteiger partial charge in [-0.25, -0.2) is 0 Å². The van der Waals surface area contributed by atoms with Crippen LogP contribution in [0.4, 0.5) is 17.1 Å². The van der Waals surface area contributed by atoms with E-state index in [0.717, 1.165) is 94.3 Å². The summed E-state index contributed by atoms with van der Waals surface area (Å²) in [5.74, 6) is 0. The van der Waals surface area contributed by atoms with Gasteiger partial charge in [0.25, 0.3) is 0 Å². The first-order chi connectivity index (χ1) is 30.8. The van der Waals surface area contributed by atoms with Crippen LogP contribution in [0.3, 0.4) is 0 Å². The summed E-state index contributed by atoms with van der Waals surface area (Å²) in [5.41, 5.74) is 14.4. The molecular weight excluding hydrogens is 757 g/mol. The lowest BCUT2D eigenvalue weighted by molar-refractivity contribution is 0.669. The highest BCUT2D eigenvalue weighted by atomic mass is 16.3. The van der Waals surface area contributed by atoms with Crippen molar-refractivity contribution in [3.05, 3.63) is 218 Å². The van der Waals surface area contributed by atoms with Crippen LogP contribution in [0.2, 0.25) is 0 Å². The number of benzene rings is 10. The molecule has 13 aromatic rings. The second-order valence-corrected chi connectivity index (χ2v) is 16.0. The molecule has 13 rings (SSSR count). The standard InChI is InChI=1S/C58H36N2O2/c1-2-18-42-37(14-1)15-12-27-50(42)59(40-32-30-38(31-33-40)43-23-13-24-48-47-21-5-9-28-54(47)61-57(43)48)53-35-34-44(58-56(53)49-22-6-10-29-55(49)62-58)39-16-11-17-41(36-39)60-51-25-7-3-19-45(51)46-20-4-8-26-52(46)60/h1-36H. The second kappa shape index (κ2) is 13.6. The molecule has 0 amide bonds. The molecule has 0 saturated carbocycles. The number of aromatic nitrogens is 1. The summed E-state index contributed by atoms with van der Waals surface area (Å²) in [4.78, 5) is 2.40. The molecule has 0 N–H and O–H groups in total. The quantitative estimate of drug-likeness (QED) is 0.168. The Hall–Kier alpha value is -8.34. The molecule has 4 nitrogen and oxygen atoms in total. The Morgan fingerprint density at radius 1 is 0.355 bits per heavy atom. The Morgan fingerprint density at radius 2 is 0.935 bits per heavy atom. The predicted octanol–water partition coefficient (Wildman–Crippen LogP) is 16.5. The topological polar surface area (TPSA) is 34.5 Å². The zero-order valence-corrected chi connectivity index (χ0v) is 33.5. The van der Waals surface area contributed by atoms with Crippen LogP contribution in [0, 0.1) is 0 Å². The van der Waals surface area contributed by atoms with Gasteiger partial charge in [0.2, 0.25) is 0 Å². The van der Waals surface area contributed by atoms with E-state index in [1.165, 1.54) is 27.2 Å². The van der Waals surface area contributed by atoms with Crippen molar-refractivity contribution in [2.45, 2.75) is 0 Å². The van der Waals surface area contributed by atoms with E-state index in [-0.39, 0.29) is 0 Å². The fraction of sp³-hybridized carbons (Fsp3) is 0. The first-order valence-corrected chi connectivity index (χ1v) is 21.1. The van der Waals surface area contributed by atoms with E-state index in [0.29, 0.717) is 0 Å². The Bertz CT molecular complexity index is 3830. The minimum atomic E-state index is 0.849. The smallest absolute Gasteiger partial charge is 0.145 e. The van der Waals surface area contributed by atoms with E-state index >= 15 is 0 Å². The number of nitrogens with zero attached hydrogens (tertiary/aromatic N) is 2. The average molecular weight is 793 g/mol. The molecule has 0 fully saturated rings. The number of para-hydroxylation sites is 5. The third kappa shape index (κ3) is 5.20. The highest BCUT2D eigenvalue weighted by molar-refractivity contribution is 6.18. The monoisotopic (exact) mass is 792 g/mol. The lowest BCUT2D eigenvalue weighted by Crippen LogP contribution is -2.11. The maximum Gasteiger partial charge on any atom is 0.145 e. The van der Waals surface area contributed by atoms with Gasteiger partial charge in [0.15, 0.2) is 0 Å². The molecule has 0 spiro atoms. The summed E-state index contributed by atoms with van der Waals surface area (Å²) >= 11 is 0. The van der Waals surface area contributed by atoms with Gasteiger partial charge in [-0.2, -0.15) is 0 Å². The van der Waals surface area contributed by atoms with Gasteiger partial charge in [-0.1, -0.05) is 152 Å². The highest BCUT2D eigenvalue weighted by Crippen LogP contribution is 2.48. The molecule has 0 atom stereocenters. The van der Waals surface area contributed by atoms with E-state index in [2.05, 4.69) is 216 Å². The van der Waals surface area contributed by atoms with Gasteiger partial charge >= 0.3 is 0 Å². The van der Waals surface area contributed by atoms with E-state index in [9.17, 15) is 0 Å². The number of anilines is 3. The summed E-state index contributed by atoms with van der Waals surface area (Å²) in [6.07, 6.45) is 0. The summed E-state index contributed by atoms with van der Waals surface area (Å²) < 4.78 is 15.8. The molecule has 0 radical (unpaired) electrons. The van der Waals surface area contributed by atoms with E-state index < -0.39 is 0 Å². The van der Waals surface area contributed by atoms with Crippen molar-refractivity contribution in [1.29, 1.82) is 0 Å². The van der Waals surface area contributed by atoms with Crippen LogP contribution in [0.1, 0.15) is 0 Å². The Labute approximate surface area is 356 Å². The van der Waals surface area contributed by atoms with Gasteiger partial charge < -0.3 is 18.3 Å². The van der Waals surface area contributed by atoms with Crippen molar-refractivity contribution in [2.24, 2.45) is 0 Å². The van der Waals surface area contributed by atoms with E-state index in [1.54, 1.807) is 0 Å². The lowest BCUT2D eigenvalue weighted by Gasteiger charge is -2.28. The fourth-order valence-corrected chi connectivity index (χ4v) is 9.81. The molecule has 3 heterocycles. The molecule has 4 heteroatoms. The first-order valence-electron chi connectivity index (χ1n) is 21.1. The number of rotatable bonds is 6. The SMILES string of the molecule is c1cc(-c2ccc(N(c3ccc(-c4cccc5c4oc4ccccc45)cc3)c3cccc4ccccc34)c3c2oc2ccccc23)cc(-n2c3ccccc3c3ccccc32)c1. The zero-order valence-electron chi connectivity index (χ0n) is 33.5. The molecule has 290 valence electrons. The van der Waals surface area contributed by atoms with Crippen molar-refractivity contribution >= 4 is 93.5 Å². The Kier molecular flexibility index (Phi) is 7.57.